The number of amides is 1. The maximum Gasteiger partial charge on any atom is 0.222 e. The van der Waals surface area contributed by atoms with Gasteiger partial charge >= 0.3 is 0 Å². The number of carbonyl (C=O) groups is 1. The van der Waals surface area contributed by atoms with Gasteiger partial charge in [-0.15, -0.1) is 0 Å². The number of thiocarbonyl (C=S) groups is 1. The summed E-state index contributed by atoms with van der Waals surface area (Å²) in [5.74, 6) is 1.08. The number of hydrogen-bond acceptors (Lipinski definition) is 2. The fraction of sp³-hybridized carbons (Fsp3) is 0.833. The number of rotatable bonds is 7. The number of hydrogen-bond donors (Lipinski definition) is 1. The predicted molar refractivity (Wildman–Crippen MR) is 72.3 cm³/mol. The number of nitrogens with two attached hydrogens (primary N) is 1. The van der Waals surface area contributed by atoms with E-state index < -0.39 is 0 Å². The van der Waals surface area contributed by atoms with Gasteiger partial charge in [0.05, 0.1) is 4.99 Å². The summed E-state index contributed by atoms with van der Waals surface area (Å²) in [6.07, 6.45) is 1.22. The van der Waals surface area contributed by atoms with Gasteiger partial charge < -0.3 is 10.6 Å². The van der Waals surface area contributed by atoms with Crippen LogP contribution in [-0.4, -0.2) is 28.9 Å². The zero-order valence-electron chi connectivity index (χ0n) is 10.8. The molecule has 0 saturated carbocycles. The van der Waals surface area contributed by atoms with Crippen molar-refractivity contribution in [3.63, 3.8) is 0 Å². The maximum atomic E-state index is 11.9. The van der Waals surface area contributed by atoms with Gasteiger partial charge in [-0.3, -0.25) is 4.79 Å². The lowest BCUT2D eigenvalue weighted by atomic mass is 10.1. The Morgan fingerprint density at radius 2 is 1.81 bits per heavy atom. The van der Waals surface area contributed by atoms with Crippen molar-refractivity contribution in [3.8, 4) is 0 Å². The highest BCUT2D eigenvalue weighted by Gasteiger charge is 2.15. The normalized spacial score (nSPS) is 10.9. The largest absolute Gasteiger partial charge is 0.393 e. The standard InChI is InChI=1S/C12H24N2OS/c1-9(2)7-12(15)14(8-10(3)4)6-5-11(13)16/h9-10H,5-8H2,1-4H3,(H2,13,16). The summed E-state index contributed by atoms with van der Waals surface area (Å²) < 4.78 is 0. The summed E-state index contributed by atoms with van der Waals surface area (Å²) in [5.41, 5.74) is 5.47. The SMILES string of the molecule is CC(C)CC(=O)N(CCC(N)=S)CC(C)C. The molecule has 0 saturated heterocycles. The summed E-state index contributed by atoms with van der Waals surface area (Å²) in [6, 6.07) is 0. The molecule has 0 aliphatic rings. The van der Waals surface area contributed by atoms with E-state index in [1.54, 1.807) is 0 Å². The van der Waals surface area contributed by atoms with Crippen LogP contribution < -0.4 is 5.73 Å². The van der Waals surface area contributed by atoms with Crippen molar-refractivity contribution >= 4 is 23.1 Å². The van der Waals surface area contributed by atoms with Crippen LogP contribution in [0.15, 0.2) is 0 Å². The van der Waals surface area contributed by atoms with Crippen molar-refractivity contribution in [1.82, 2.24) is 4.90 Å². The van der Waals surface area contributed by atoms with Gasteiger partial charge in [0.2, 0.25) is 5.91 Å². The minimum atomic E-state index is 0.208. The van der Waals surface area contributed by atoms with E-state index in [1.807, 2.05) is 4.90 Å². The zero-order valence-corrected chi connectivity index (χ0v) is 11.6. The highest BCUT2D eigenvalue weighted by molar-refractivity contribution is 7.80. The van der Waals surface area contributed by atoms with Gasteiger partial charge in [-0.25, -0.2) is 0 Å². The summed E-state index contributed by atoms with van der Waals surface area (Å²) >= 11 is 4.84. The Balaban J connectivity index is 4.28. The van der Waals surface area contributed by atoms with Gasteiger partial charge in [0.25, 0.3) is 0 Å². The molecule has 0 heterocycles. The van der Waals surface area contributed by atoms with Crippen molar-refractivity contribution in [1.29, 1.82) is 0 Å². The second-order valence-electron chi connectivity index (χ2n) is 5.05. The molecule has 0 atom stereocenters. The van der Waals surface area contributed by atoms with E-state index in [0.29, 0.717) is 36.2 Å². The van der Waals surface area contributed by atoms with Gasteiger partial charge in [-0.1, -0.05) is 39.9 Å². The van der Waals surface area contributed by atoms with Gasteiger partial charge in [0.15, 0.2) is 0 Å². The summed E-state index contributed by atoms with van der Waals surface area (Å²) in [6.45, 7) is 9.76. The van der Waals surface area contributed by atoms with E-state index in [2.05, 4.69) is 27.7 Å². The summed E-state index contributed by atoms with van der Waals surface area (Å²) in [7, 11) is 0. The zero-order chi connectivity index (χ0) is 12.7. The molecule has 3 nitrogen and oxygen atoms in total. The number of nitrogens with zero attached hydrogens (tertiary/aromatic N) is 1. The van der Waals surface area contributed by atoms with E-state index in [4.69, 9.17) is 18.0 Å². The quantitative estimate of drug-likeness (QED) is 0.698. The third-order valence-electron chi connectivity index (χ3n) is 2.15. The van der Waals surface area contributed by atoms with Crippen LogP contribution in [0.2, 0.25) is 0 Å². The van der Waals surface area contributed by atoms with Crippen LogP contribution in [-0.2, 0) is 4.79 Å². The second kappa shape index (κ2) is 7.60. The molecule has 0 aromatic heterocycles. The molecule has 94 valence electrons. The topological polar surface area (TPSA) is 46.3 Å². The predicted octanol–water partition coefficient (Wildman–Crippen LogP) is 2.19. The van der Waals surface area contributed by atoms with Crippen LogP contribution >= 0.6 is 12.2 Å². The molecule has 0 unspecified atom stereocenters. The second-order valence-corrected chi connectivity index (χ2v) is 5.57. The summed E-state index contributed by atoms with van der Waals surface area (Å²) in [5, 5.41) is 0. The van der Waals surface area contributed by atoms with Crippen LogP contribution in [0.4, 0.5) is 0 Å². The highest BCUT2D eigenvalue weighted by Crippen LogP contribution is 2.07. The Morgan fingerprint density at radius 3 is 2.19 bits per heavy atom. The smallest absolute Gasteiger partial charge is 0.222 e. The van der Waals surface area contributed by atoms with Gasteiger partial charge in [-0.05, 0) is 11.8 Å². The van der Waals surface area contributed by atoms with Crippen molar-refractivity contribution in [2.45, 2.75) is 40.5 Å². The molecule has 4 heteroatoms. The maximum absolute atomic E-state index is 11.9. The fourth-order valence-corrected chi connectivity index (χ4v) is 1.57. The Hall–Kier alpha value is -0.640. The molecule has 0 radical (unpaired) electrons. The minimum Gasteiger partial charge on any atom is -0.393 e. The molecule has 0 rings (SSSR count). The first kappa shape index (κ1) is 15.4. The fourth-order valence-electron chi connectivity index (χ4n) is 1.48. The monoisotopic (exact) mass is 244 g/mol. The summed E-state index contributed by atoms with van der Waals surface area (Å²) in [4.78, 5) is 14.3. The molecule has 0 aliphatic heterocycles. The highest BCUT2D eigenvalue weighted by atomic mass is 32.1. The molecule has 0 aliphatic carbocycles. The minimum absolute atomic E-state index is 0.208. The average molecular weight is 244 g/mol. The van der Waals surface area contributed by atoms with Gasteiger partial charge in [-0.2, -0.15) is 0 Å². The van der Waals surface area contributed by atoms with Gasteiger partial charge in [0, 0.05) is 25.9 Å². The van der Waals surface area contributed by atoms with E-state index in [0.717, 1.165) is 6.54 Å². The Bertz CT molecular complexity index is 239. The Labute approximate surface area is 104 Å². The number of carbonyl (C=O) groups excluding carboxylic acids is 1. The molecular formula is C12H24N2OS. The lowest BCUT2D eigenvalue weighted by molar-refractivity contribution is -0.132. The Kier molecular flexibility index (Phi) is 7.30. The first-order valence-corrected chi connectivity index (χ1v) is 6.29. The Morgan fingerprint density at radius 1 is 1.25 bits per heavy atom. The van der Waals surface area contributed by atoms with E-state index in [-0.39, 0.29) is 5.91 Å². The van der Waals surface area contributed by atoms with Crippen LogP contribution in [0.3, 0.4) is 0 Å². The lowest BCUT2D eigenvalue weighted by Crippen LogP contribution is -2.37. The molecule has 0 bridgehead atoms. The molecule has 16 heavy (non-hydrogen) atoms. The van der Waals surface area contributed by atoms with Crippen molar-refractivity contribution < 1.29 is 4.79 Å². The lowest BCUT2D eigenvalue weighted by Gasteiger charge is -2.25. The van der Waals surface area contributed by atoms with E-state index in [9.17, 15) is 4.79 Å². The third kappa shape index (κ3) is 7.63. The molecule has 2 N–H and O–H groups in total. The van der Waals surface area contributed by atoms with E-state index in [1.165, 1.54) is 0 Å². The molecule has 0 aromatic carbocycles. The van der Waals surface area contributed by atoms with Crippen molar-refractivity contribution in [3.05, 3.63) is 0 Å². The molecule has 0 aromatic rings. The molecule has 1 amide bonds. The van der Waals surface area contributed by atoms with Crippen LogP contribution in [0.5, 0.6) is 0 Å². The first-order valence-electron chi connectivity index (χ1n) is 5.89. The van der Waals surface area contributed by atoms with Crippen molar-refractivity contribution in [2.75, 3.05) is 13.1 Å². The average Bonchev–Trinajstić information content (AvgIpc) is 2.09. The van der Waals surface area contributed by atoms with Crippen LogP contribution in [0.25, 0.3) is 0 Å². The first-order chi connectivity index (χ1) is 7.32. The van der Waals surface area contributed by atoms with Gasteiger partial charge in [0.1, 0.15) is 0 Å². The third-order valence-corrected chi connectivity index (χ3v) is 2.35. The van der Waals surface area contributed by atoms with Crippen LogP contribution in [0, 0.1) is 11.8 Å². The molecular weight excluding hydrogens is 220 g/mol. The molecule has 0 fully saturated rings. The molecule has 0 spiro atoms. The van der Waals surface area contributed by atoms with E-state index >= 15 is 0 Å². The van der Waals surface area contributed by atoms with Crippen molar-refractivity contribution in [2.24, 2.45) is 17.6 Å². The van der Waals surface area contributed by atoms with Crippen LogP contribution in [0.1, 0.15) is 40.5 Å².